The van der Waals surface area contributed by atoms with Crippen molar-refractivity contribution in [3.8, 4) is 0 Å². The Hall–Kier alpha value is -1.52. The third kappa shape index (κ3) is 3.22. The van der Waals surface area contributed by atoms with E-state index in [1.54, 1.807) is 4.68 Å². The first-order valence-corrected chi connectivity index (χ1v) is 6.17. The Balaban J connectivity index is 1.88. The molecule has 1 aliphatic rings. The van der Waals surface area contributed by atoms with Gasteiger partial charge in [0.25, 0.3) is 0 Å². The van der Waals surface area contributed by atoms with Gasteiger partial charge in [-0.15, -0.1) is 0 Å². The van der Waals surface area contributed by atoms with Crippen molar-refractivity contribution in [2.45, 2.75) is 26.3 Å². The maximum absolute atomic E-state index is 6.00. The summed E-state index contributed by atoms with van der Waals surface area (Å²) in [6, 6.07) is 0. The van der Waals surface area contributed by atoms with E-state index in [0.717, 1.165) is 24.6 Å². The first-order valence-electron chi connectivity index (χ1n) is 6.17. The third-order valence-electron chi connectivity index (χ3n) is 3.29. The summed E-state index contributed by atoms with van der Waals surface area (Å²) < 4.78 is 1.78. The van der Waals surface area contributed by atoms with E-state index in [2.05, 4.69) is 21.9 Å². The highest BCUT2D eigenvalue weighted by atomic mass is 15.3. The highest BCUT2D eigenvalue weighted by Crippen LogP contribution is 2.15. The minimum Gasteiger partial charge on any atom is -0.370 e. The average molecular weight is 235 g/mol. The van der Waals surface area contributed by atoms with Crippen molar-refractivity contribution in [3.63, 3.8) is 0 Å². The van der Waals surface area contributed by atoms with Crippen LogP contribution in [0.2, 0.25) is 0 Å². The van der Waals surface area contributed by atoms with Crippen LogP contribution in [0.3, 0.4) is 0 Å². The zero-order valence-electron chi connectivity index (χ0n) is 10.6. The second-order valence-electron chi connectivity index (χ2n) is 4.87. The predicted molar refractivity (Wildman–Crippen MR) is 68.5 cm³/mol. The quantitative estimate of drug-likeness (QED) is 0.613. The number of likely N-dealkylation sites (tertiary alicyclic amines) is 1. The van der Waals surface area contributed by atoms with Crippen LogP contribution in [0.25, 0.3) is 0 Å². The maximum atomic E-state index is 6.00. The molecule has 1 saturated heterocycles. The SMILES string of the molecule is CC1CCN(C(N)=NCc2cnn(C)c2)CC1. The summed E-state index contributed by atoms with van der Waals surface area (Å²) in [7, 11) is 1.91. The number of aromatic nitrogens is 2. The zero-order chi connectivity index (χ0) is 12.3. The molecule has 17 heavy (non-hydrogen) atoms. The fraction of sp³-hybridized carbons (Fsp3) is 0.667. The van der Waals surface area contributed by atoms with E-state index < -0.39 is 0 Å². The van der Waals surface area contributed by atoms with Crippen molar-refractivity contribution in [3.05, 3.63) is 18.0 Å². The predicted octanol–water partition coefficient (Wildman–Crippen LogP) is 0.967. The number of aliphatic imine (C=N–C) groups is 1. The summed E-state index contributed by atoms with van der Waals surface area (Å²) in [6.07, 6.45) is 6.22. The molecule has 2 heterocycles. The number of aryl methyl sites for hydroxylation is 1. The van der Waals surface area contributed by atoms with E-state index in [4.69, 9.17) is 5.73 Å². The Morgan fingerprint density at radius 3 is 2.82 bits per heavy atom. The van der Waals surface area contributed by atoms with Crippen LogP contribution < -0.4 is 5.73 Å². The molecule has 0 bridgehead atoms. The number of nitrogens with zero attached hydrogens (tertiary/aromatic N) is 4. The molecule has 2 N–H and O–H groups in total. The van der Waals surface area contributed by atoms with E-state index in [9.17, 15) is 0 Å². The summed E-state index contributed by atoms with van der Waals surface area (Å²) in [5.41, 5.74) is 7.10. The lowest BCUT2D eigenvalue weighted by molar-refractivity contribution is 0.277. The third-order valence-corrected chi connectivity index (χ3v) is 3.29. The standard InChI is InChI=1S/C12H21N5/c1-10-3-5-17(6-4-10)12(13)14-7-11-8-15-16(2)9-11/h8-10H,3-7H2,1-2H3,(H2,13,14). The van der Waals surface area contributed by atoms with Gasteiger partial charge in [-0.25, -0.2) is 4.99 Å². The van der Waals surface area contributed by atoms with Crippen LogP contribution >= 0.6 is 0 Å². The molecular weight excluding hydrogens is 214 g/mol. The molecule has 1 aliphatic heterocycles. The van der Waals surface area contributed by atoms with Crippen molar-refractivity contribution in [2.75, 3.05) is 13.1 Å². The van der Waals surface area contributed by atoms with E-state index in [1.165, 1.54) is 12.8 Å². The normalized spacial score (nSPS) is 18.7. The smallest absolute Gasteiger partial charge is 0.191 e. The fourth-order valence-electron chi connectivity index (χ4n) is 2.06. The summed E-state index contributed by atoms with van der Waals surface area (Å²) in [5.74, 6) is 1.48. The van der Waals surface area contributed by atoms with E-state index in [0.29, 0.717) is 12.5 Å². The molecular formula is C12H21N5. The van der Waals surface area contributed by atoms with E-state index >= 15 is 0 Å². The van der Waals surface area contributed by atoms with Crippen molar-refractivity contribution in [2.24, 2.45) is 23.7 Å². The summed E-state index contributed by atoms with van der Waals surface area (Å²) in [6.45, 7) is 4.97. The van der Waals surface area contributed by atoms with Crippen LogP contribution in [0.4, 0.5) is 0 Å². The van der Waals surface area contributed by atoms with Gasteiger partial charge in [0.15, 0.2) is 5.96 Å². The second kappa shape index (κ2) is 5.21. The van der Waals surface area contributed by atoms with Gasteiger partial charge in [-0.05, 0) is 18.8 Å². The van der Waals surface area contributed by atoms with Gasteiger partial charge >= 0.3 is 0 Å². The Morgan fingerprint density at radius 1 is 1.53 bits per heavy atom. The molecule has 0 spiro atoms. The van der Waals surface area contributed by atoms with Gasteiger partial charge in [-0.1, -0.05) is 6.92 Å². The topological polar surface area (TPSA) is 59.4 Å². The molecule has 94 valence electrons. The molecule has 1 fully saturated rings. The van der Waals surface area contributed by atoms with Gasteiger partial charge < -0.3 is 10.6 Å². The molecule has 0 amide bonds. The Kier molecular flexibility index (Phi) is 3.66. The van der Waals surface area contributed by atoms with E-state index in [-0.39, 0.29) is 0 Å². The monoisotopic (exact) mass is 235 g/mol. The molecule has 0 aromatic carbocycles. The molecule has 1 aromatic heterocycles. The molecule has 5 nitrogen and oxygen atoms in total. The van der Waals surface area contributed by atoms with Gasteiger partial charge in [0.2, 0.25) is 0 Å². The second-order valence-corrected chi connectivity index (χ2v) is 4.87. The van der Waals surface area contributed by atoms with Crippen LogP contribution in [0, 0.1) is 5.92 Å². The summed E-state index contributed by atoms with van der Waals surface area (Å²) in [5, 5.41) is 4.11. The lowest BCUT2D eigenvalue weighted by atomic mass is 10.00. The lowest BCUT2D eigenvalue weighted by Gasteiger charge is -2.30. The van der Waals surface area contributed by atoms with Crippen LogP contribution in [0.5, 0.6) is 0 Å². The number of hydrogen-bond donors (Lipinski definition) is 1. The van der Waals surface area contributed by atoms with Crippen LogP contribution in [0.1, 0.15) is 25.3 Å². The lowest BCUT2D eigenvalue weighted by Crippen LogP contribution is -2.42. The number of rotatable bonds is 2. The van der Waals surface area contributed by atoms with Crippen molar-refractivity contribution in [1.82, 2.24) is 14.7 Å². The van der Waals surface area contributed by atoms with Gasteiger partial charge in [0, 0.05) is 31.9 Å². The largest absolute Gasteiger partial charge is 0.370 e. The minimum absolute atomic E-state index is 0.617. The fourth-order valence-corrected chi connectivity index (χ4v) is 2.06. The number of nitrogens with two attached hydrogens (primary N) is 1. The van der Waals surface area contributed by atoms with Crippen LogP contribution in [-0.4, -0.2) is 33.7 Å². The average Bonchev–Trinajstić information content (AvgIpc) is 2.73. The van der Waals surface area contributed by atoms with Crippen molar-refractivity contribution in [1.29, 1.82) is 0 Å². The minimum atomic E-state index is 0.617. The highest BCUT2D eigenvalue weighted by Gasteiger charge is 2.16. The number of hydrogen-bond acceptors (Lipinski definition) is 2. The van der Waals surface area contributed by atoms with Crippen LogP contribution in [0.15, 0.2) is 17.4 Å². The molecule has 0 atom stereocenters. The molecule has 0 unspecified atom stereocenters. The summed E-state index contributed by atoms with van der Waals surface area (Å²) >= 11 is 0. The Bertz CT molecular complexity index is 387. The highest BCUT2D eigenvalue weighted by molar-refractivity contribution is 5.78. The van der Waals surface area contributed by atoms with Gasteiger partial charge in [0.1, 0.15) is 0 Å². The number of piperidine rings is 1. The molecule has 0 radical (unpaired) electrons. The van der Waals surface area contributed by atoms with Gasteiger partial charge in [-0.3, -0.25) is 4.68 Å². The zero-order valence-corrected chi connectivity index (χ0v) is 10.6. The van der Waals surface area contributed by atoms with Crippen LogP contribution in [-0.2, 0) is 13.6 Å². The molecule has 1 aromatic rings. The first-order chi connectivity index (χ1) is 8.15. The first kappa shape index (κ1) is 12.0. The summed E-state index contributed by atoms with van der Waals surface area (Å²) in [4.78, 5) is 6.60. The van der Waals surface area contributed by atoms with Gasteiger partial charge in [-0.2, -0.15) is 5.10 Å². The maximum Gasteiger partial charge on any atom is 0.191 e. The van der Waals surface area contributed by atoms with Gasteiger partial charge in [0.05, 0.1) is 12.7 Å². The van der Waals surface area contributed by atoms with E-state index in [1.807, 2.05) is 19.4 Å². The Morgan fingerprint density at radius 2 is 2.24 bits per heavy atom. The molecule has 0 saturated carbocycles. The number of guanidine groups is 1. The molecule has 0 aliphatic carbocycles. The molecule has 5 heteroatoms. The van der Waals surface area contributed by atoms with Crippen molar-refractivity contribution >= 4 is 5.96 Å². The molecule has 2 rings (SSSR count). The Labute approximate surface area is 102 Å². The van der Waals surface area contributed by atoms with Crippen molar-refractivity contribution < 1.29 is 0 Å².